The standard InChI is InChI=1S/C21H16F2N4O3/c1-13-3-2-4-15(9-13)19-25-20(30-26-19)16-6-8-18(28)27(12-16)11-14-5-7-17(24-10-14)29-21(22)23/h2-10,12,21H,11H2,1H3. The smallest absolute Gasteiger partial charge is 0.388 e. The number of hydrogen-bond acceptors (Lipinski definition) is 6. The molecule has 0 atom stereocenters. The lowest BCUT2D eigenvalue weighted by atomic mass is 10.1. The van der Waals surface area contributed by atoms with Crippen molar-refractivity contribution in [3.05, 3.63) is 82.4 Å². The van der Waals surface area contributed by atoms with Crippen LogP contribution >= 0.6 is 0 Å². The summed E-state index contributed by atoms with van der Waals surface area (Å²) < 4.78 is 35.5. The molecule has 0 aliphatic heterocycles. The second-order valence-corrected chi connectivity index (χ2v) is 6.56. The first-order chi connectivity index (χ1) is 14.5. The molecule has 0 amide bonds. The quantitative estimate of drug-likeness (QED) is 0.479. The number of benzene rings is 1. The number of hydrogen-bond donors (Lipinski definition) is 0. The van der Waals surface area contributed by atoms with E-state index in [2.05, 4.69) is 19.9 Å². The fourth-order valence-corrected chi connectivity index (χ4v) is 2.89. The predicted octanol–water partition coefficient (Wildman–Crippen LogP) is 3.92. The minimum Gasteiger partial charge on any atom is -0.417 e. The second kappa shape index (κ2) is 8.24. The van der Waals surface area contributed by atoms with Gasteiger partial charge in [-0.25, -0.2) is 4.98 Å². The highest BCUT2D eigenvalue weighted by atomic mass is 19.3. The summed E-state index contributed by atoms with van der Waals surface area (Å²) in [4.78, 5) is 20.5. The number of aryl methyl sites for hydroxylation is 1. The molecule has 3 aromatic heterocycles. The zero-order valence-electron chi connectivity index (χ0n) is 15.8. The number of pyridine rings is 2. The third kappa shape index (κ3) is 4.40. The largest absolute Gasteiger partial charge is 0.417 e. The van der Waals surface area contributed by atoms with Crippen LogP contribution in [0.5, 0.6) is 5.88 Å². The van der Waals surface area contributed by atoms with Gasteiger partial charge in [0.05, 0.1) is 12.1 Å². The minimum atomic E-state index is -2.94. The first kappa shape index (κ1) is 19.4. The Morgan fingerprint density at radius 1 is 1.13 bits per heavy atom. The average molecular weight is 410 g/mol. The van der Waals surface area contributed by atoms with Gasteiger partial charge in [-0.2, -0.15) is 13.8 Å². The molecule has 0 spiro atoms. The molecular weight excluding hydrogens is 394 g/mol. The number of aromatic nitrogens is 4. The molecule has 4 aromatic rings. The van der Waals surface area contributed by atoms with Crippen molar-refractivity contribution in [2.45, 2.75) is 20.1 Å². The van der Waals surface area contributed by atoms with E-state index >= 15 is 0 Å². The molecule has 0 fully saturated rings. The summed E-state index contributed by atoms with van der Waals surface area (Å²) in [6, 6.07) is 13.6. The van der Waals surface area contributed by atoms with E-state index in [1.165, 1.54) is 22.9 Å². The van der Waals surface area contributed by atoms with E-state index in [1.54, 1.807) is 18.3 Å². The molecule has 4 rings (SSSR count). The maximum Gasteiger partial charge on any atom is 0.388 e. The Hall–Kier alpha value is -3.88. The predicted molar refractivity (Wildman–Crippen MR) is 104 cm³/mol. The molecule has 0 radical (unpaired) electrons. The van der Waals surface area contributed by atoms with Gasteiger partial charge in [0.25, 0.3) is 11.4 Å². The van der Waals surface area contributed by atoms with E-state index < -0.39 is 6.61 Å². The van der Waals surface area contributed by atoms with Crippen LogP contribution in [-0.4, -0.2) is 26.3 Å². The maximum absolute atomic E-state index is 12.2. The monoisotopic (exact) mass is 410 g/mol. The Morgan fingerprint density at radius 3 is 2.73 bits per heavy atom. The van der Waals surface area contributed by atoms with Crippen LogP contribution in [0, 0.1) is 6.92 Å². The van der Waals surface area contributed by atoms with Crippen molar-refractivity contribution in [3.8, 4) is 28.7 Å². The molecule has 0 saturated heterocycles. The van der Waals surface area contributed by atoms with E-state index in [4.69, 9.17) is 4.52 Å². The summed E-state index contributed by atoms with van der Waals surface area (Å²) in [6.45, 7) is -0.781. The van der Waals surface area contributed by atoms with Crippen LogP contribution < -0.4 is 10.3 Å². The Morgan fingerprint density at radius 2 is 2.00 bits per heavy atom. The molecule has 0 bridgehead atoms. The summed E-state index contributed by atoms with van der Waals surface area (Å²) >= 11 is 0. The number of alkyl halides is 2. The normalized spacial score (nSPS) is 11.1. The lowest BCUT2D eigenvalue weighted by Gasteiger charge is -2.08. The minimum absolute atomic E-state index is 0.188. The average Bonchev–Trinajstić information content (AvgIpc) is 3.21. The molecular formula is C21H16F2N4O3. The van der Waals surface area contributed by atoms with Gasteiger partial charge in [-0.05, 0) is 24.6 Å². The van der Waals surface area contributed by atoms with Crippen LogP contribution in [0.1, 0.15) is 11.1 Å². The Labute approximate surface area is 169 Å². The van der Waals surface area contributed by atoms with E-state index in [1.807, 2.05) is 31.2 Å². The molecule has 0 N–H and O–H groups in total. The topological polar surface area (TPSA) is 83.0 Å². The molecule has 152 valence electrons. The molecule has 7 nitrogen and oxygen atoms in total. The lowest BCUT2D eigenvalue weighted by molar-refractivity contribution is -0.0528. The van der Waals surface area contributed by atoms with E-state index in [9.17, 15) is 13.6 Å². The van der Waals surface area contributed by atoms with Crippen LogP contribution in [0.25, 0.3) is 22.8 Å². The fourth-order valence-electron chi connectivity index (χ4n) is 2.89. The van der Waals surface area contributed by atoms with Crippen molar-refractivity contribution in [2.24, 2.45) is 0 Å². The Bertz CT molecular complexity index is 1220. The molecule has 1 aromatic carbocycles. The molecule has 30 heavy (non-hydrogen) atoms. The molecule has 0 aliphatic rings. The van der Waals surface area contributed by atoms with Crippen molar-refractivity contribution in [2.75, 3.05) is 0 Å². The summed E-state index contributed by atoms with van der Waals surface area (Å²) in [5, 5.41) is 4.01. The van der Waals surface area contributed by atoms with Crippen molar-refractivity contribution in [1.29, 1.82) is 0 Å². The maximum atomic E-state index is 12.2. The van der Waals surface area contributed by atoms with Gasteiger partial charge in [0.1, 0.15) is 0 Å². The van der Waals surface area contributed by atoms with E-state index in [-0.39, 0.29) is 23.9 Å². The summed E-state index contributed by atoms with van der Waals surface area (Å²) in [5.41, 5.74) is 2.88. The highest BCUT2D eigenvalue weighted by molar-refractivity contribution is 5.59. The van der Waals surface area contributed by atoms with Crippen LogP contribution in [0.2, 0.25) is 0 Å². The highest BCUT2D eigenvalue weighted by Gasteiger charge is 2.12. The van der Waals surface area contributed by atoms with Gasteiger partial charge in [0.2, 0.25) is 11.7 Å². The lowest BCUT2D eigenvalue weighted by Crippen LogP contribution is -2.19. The summed E-state index contributed by atoms with van der Waals surface area (Å²) in [6.07, 6.45) is 2.97. The van der Waals surface area contributed by atoms with Crippen molar-refractivity contribution in [3.63, 3.8) is 0 Å². The zero-order chi connectivity index (χ0) is 21.1. The molecule has 0 saturated carbocycles. The van der Waals surface area contributed by atoms with Gasteiger partial charge in [-0.3, -0.25) is 4.79 Å². The highest BCUT2D eigenvalue weighted by Crippen LogP contribution is 2.22. The molecule has 0 unspecified atom stereocenters. The first-order valence-corrected chi connectivity index (χ1v) is 8.99. The van der Waals surface area contributed by atoms with Gasteiger partial charge in [-0.15, -0.1) is 0 Å². The van der Waals surface area contributed by atoms with Crippen molar-refractivity contribution >= 4 is 0 Å². The van der Waals surface area contributed by atoms with Gasteiger partial charge < -0.3 is 13.8 Å². The number of rotatable bonds is 6. The first-order valence-electron chi connectivity index (χ1n) is 8.99. The van der Waals surface area contributed by atoms with Crippen LogP contribution in [0.4, 0.5) is 8.78 Å². The molecule has 9 heteroatoms. The van der Waals surface area contributed by atoms with Crippen molar-refractivity contribution in [1.82, 2.24) is 19.7 Å². The Balaban J connectivity index is 1.57. The van der Waals surface area contributed by atoms with E-state index in [0.29, 0.717) is 17.0 Å². The second-order valence-electron chi connectivity index (χ2n) is 6.56. The fraction of sp³-hybridized carbons (Fsp3) is 0.143. The van der Waals surface area contributed by atoms with E-state index in [0.717, 1.165) is 11.1 Å². The van der Waals surface area contributed by atoms with Crippen molar-refractivity contribution < 1.29 is 18.0 Å². The van der Waals surface area contributed by atoms with Gasteiger partial charge >= 0.3 is 6.61 Å². The number of ether oxygens (including phenoxy) is 1. The summed E-state index contributed by atoms with van der Waals surface area (Å²) in [7, 11) is 0. The third-order valence-electron chi connectivity index (χ3n) is 4.29. The zero-order valence-corrected chi connectivity index (χ0v) is 15.8. The molecule has 0 aliphatic carbocycles. The SMILES string of the molecule is Cc1cccc(-c2noc(-c3ccc(=O)n(Cc4ccc(OC(F)F)nc4)c3)n2)c1. The van der Waals surface area contributed by atoms with Crippen LogP contribution in [-0.2, 0) is 6.54 Å². The summed E-state index contributed by atoms with van der Waals surface area (Å²) in [5.74, 6) is 0.536. The number of nitrogens with zero attached hydrogens (tertiary/aromatic N) is 4. The van der Waals surface area contributed by atoms with Crippen LogP contribution in [0.3, 0.4) is 0 Å². The molecule has 3 heterocycles. The third-order valence-corrected chi connectivity index (χ3v) is 4.29. The van der Waals surface area contributed by atoms with Gasteiger partial charge in [0, 0.05) is 30.1 Å². The van der Waals surface area contributed by atoms with Gasteiger partial charge in [-0.1, -0.05) is 35.0 Å². The Kier molecular flexibility index (Phi) is 5.34. The van der Waals surface area contributed by atoms with Crippen LogP contribution in [0.15, 0.2) is 70.2 Å². The number of halogens is 2. The van der Waals surface area contributed by atoms with Gasteiger partial charge in [0.15, 0.2) is 0 Å².